The topological polar surface area (TPSA) is 0 Å². The molecular formula is C12H14Mg. The van der Waals surface area contributed by atoms with Crippen molar-refractivity contribution in [2.45, 2.75) is 26.2 Å². The summed E-state index contributed by atoms with van der Waals surface area (Å²) in [5.74, 6) is 0. The Hall–Kier alpha value is -0.274. The first-order chi connectivity index (χ1) is 6.40. The Bertz CT molecular complexity index is 316. The zero-order valence-electron chi connectivity index (χ0n) is 8.22. The minimum atomic E-state index is -0.0785. The van der Waals surface area contributed by atoms with Crippen LogP contribution in [0.3, 0.4) is 0 Å². The molecule has 0 nitrogen and oxygen atoms in total. The maximum atomic E-state index is 2.32. The van der Waals surface area contributed by atoms with Gasteiger partial charge in [-0.3, -0.25) is 0 Å². The highest BCUT2D eigenvalue weighted by Gasteiger charge is 2.13. The van der Waals surface area contributed by atoms with Gasteiger partial charge in [-0.2, -0.15) is 7.40 Å². The summed E-state index contributed by atoms with van der Waals surface area (Å²) in [6.07, 6.45) is 15.1. The lowest BCUT2D eigenvalue weighted by molar-refractivity contribution is 1.14. The largest absolute Gasteiger partial charge is 0.438 e. The number of hydrogen-bond acceptors (Lipinski definition) is 0. The van der Waals surface area contributed by atoms with E-state index >= 15 is 0 Å². The molecule has 0 aliphatic heterocycles. The molecule has 0 saturated carbocycles. The minimum Gasteiger partial charge on any atom is -0.182 e. The zero-order chi connectivity index (χ0) is 9.10. The van der Waals surface area contributed by atoms with Crippen LogP contribution in [0.25, 0.3) is 0 Å². The molecule has 0 amide bonds. The molecule has 0 aromatic carbocycles. The van der Waals surface area contributed by atoms with Gasteiger partial charge in [-0.1, -0.05) is 42.9 Å². The SMILES string of the molecule is CCC1=[C]([Mg][C]2=CC=CC2)CC=C1. The first-order valence-electron chi connectivity index (χ1n) is 5.12. The van der Waals surface area contributed by atoms with E-state index < -0.39 is 0 Å². The van der Waals surface area contributed by atoms with Crippen molar-refractivity contribution in [1.82, 2.24) is 0 Å². The Labute approximate surface area is 89.8 Å². The van der Waals surface area contributed by atoms with E-state index in [1.807, 2.05) is 0 Å². The van der Waals surface area contributed by atoms with Gasteiger partial charge in [0.1, 0.15) is 0 Å². The first kappa shape index (κ1) is 9.29. The third-order valence-corrected chi connectivity index (χ3v) is 4.95. The smallest absolute Gasteiger partial charge is 0.182 e. The van der Waals surface area contributed by atoms with E-state index in [1.54, 1.807) is 13.0 Å². The molecule has 0 N–H and O–H groups in total. The first-order valence-corrected chi connectivity index (χ1v) is 6.53. The van der Waals surface area contributed by atoms with Crippen LogP contribution in [0.2, 0.25) is 0 Å². The highest BCUT2D eigenvalue weighted by atomic mass is 24.5. The van der Waals surface area contributed by atoms with Gasteiger partial charge < -0.3 is 0 Å². The van der Waals surface area contributed by atoms with Gasteiger partial charge in [-0.15, -0.1) is 0 Å². The Kier molecular flexibility index (Phi) is 3.07. The van der Waals surface area contributed by atoms with E-state index in [0.717, 1.165) is 0 Å². The molecule has 0 radical (unpaired) electrons. The molecule has 0 aromatic heterocycles. The second-order valence-electron chi connectivity index (χ2n) is 3.72. The molecular weight excluding hydrogens is 168 g/mol. The molecule has 1 heteroatoms. The number of rotatable bonds is 3. The average molecular weight is 183 g/mol. The van der Waals surface area contributed by atoms with E-state index in [-0.39, 0.29) is 20.4 Å². The maximum Gasteiger partial charge on any atom is 0.438 e. The lowest BCUT2D eigenvalue weighted by Gasteiger charge is -2.04. The van der Waals surface area contributed by atoms with E-state index in [2.05, 4.69) is 37.3 Å². The summed E-state index contributed by atoms with van der Waals surface area (Å²) in [7, 11) is 0. The van der Waals surface area contributed by atoms with Crippen LogP contribution < -0.4 is 0 Å². The Morgan fingerprint density at radius 1 is 1.31 bits per heavy atom. The summed E-state index contributed by atoms with van der Waals surface area (Å²) in [6, 6.07) is 0. The summed E-state index contributed by atoms with van der Waals surface area (Å²) in [6.45, 7) is 2.26. The molecule has 0 heterocycles. The van der Waals surface area contributed by atoms with Crippen LogP contribution >= 0.6 is 0 Å². The zero-order valence-corrected chi connectivity index (χ0v) is 9.63. The standard InChI is InChI=1S/C7H9.C5H5.Mg/c1-2-7-5-3-4-6-7;1-2-4-5-3-1;/h3,5H,2,4H2,1H3;1-3H,4H2;. The normalized spacial score (nSPS) is 19.6. The van der Waals surface area contributed by atoms with Gasteiger partial charge >= 0.3 is 20.4 Å². The summed E-state index contributed by atoms with van der Waals surface area (Å²) >= 11 is -0.0785. The number of hydrogen-bond donors (Lipinski definition) is 0. The van der Waals surface area contributed by atoms with E-state index in [0.29, 0.717) is 0 Å². The van der Waals surface area contributed by atoms with Crippen LogP contribution in [0.1, 0.15) is 26.2 Å². The quantitative estimate of drug-likeness (QED) is 0.588. The monoisotopic (exact) mass is 182 g/mol. The van der Waals surface area contributed by atoms with E-state index in [9.17, 15) is 0 Å². The Morgan fingerprint density at radius 3 is 2.92 bits per heavy atom. The van der Waals surface area contributed by atoms with Gasteiger partial charge in [0.15, 0.2) is 0 Å². The van der Waals surface area contributed by atoms with Crippen molar-refractivity contribution < 1.29 is 0 Å². The summed E-state index contributed by atoms with van der Waals surface area (Å²) in [5, 5.41) is 0. The highest BCUT2D eigenvalue weighted by molar-refractivity contribution is 6.54. The van der Waals surface area contributed by atoms with Crippen molar-refractivity contribution in [1.29, 1.82) is 0 Å². The predicted molar refractivity (Wildman–Crippen MR) is 58.7 cm³/mol. The van der Waals surface area contributed by atoms with Crippen LogP contribution in [0.15, 0.2) is 43.4 Å². The molecule has 0 aromatic rings. The number of allylic oxidation sites excluding steroid dienone is 8. The molecule has 13 heavy (non-hydrogen) atoms. The van der Waals surface area contributed by atoms with Crippen LogP contribution in [0.5, 0.6) is 0 Å². The predicted octanol–water partition coefficient (Wildman–Crippen LogP) is 3.16. The van der Waals surface area contributed by atoms with Crippen molar-refractivity contribution >= 4 is 20.4 Å². The third kappa shape index (κ3) is 2.15. The summed E-state index contributed by atoms with van der Waals surface area (Å²) in [4.78, 5) is 0. The maximum absolute atomic E-state index is 2.32. The van der Waals surface area contributed by atoms with Gasteiger partial charge in [0.05, 0.1) is 0 Å². The van der Waals surface area contributed by atoms with Gasteiger partial charge in [-0.05, 0) is 19.3 Å². The summed E-state index contributed by atoms with van der Waals surface area (Å²) < 4.78 is 3.49. The fraction of sp³-hybridized carbons (Fsp3) is 0.333. The van der Waals surface area contributed by atoms with Crippen LogP contribution in [-0.4, -0.2) is 20.4 Å². The minimum absolute atomic E-state index is 0.0785. The summed E-state index contributed by atoms with van der Waals surface area (Å²) in [5.41, 5.74) is 1.62. The van der Waals surface area contributed by atoms with Crippen LogP contribution in [0, 0.1) is 0 Å². The third-order valence-electron chi connectivity index (χ3n) is 2.81. The lowest BCUT2D eigenvalue weighted by Crippen LogP contribution is -1.99. The van der Waals surface area contributed by atoms with Gasteiger partial charge in [0.2, 0.25) is 0 Å². The van der Waals surface area contributed by atoms with Crippen molar-refractivity contribution in [2.75, 3.05) is 0 Å². The average Bonchev–Trinajstić information content (AvgIpc) is 2.76. The van der Waals surface area contributed by atoms with Crippen molar-refractivity contribution in [3.63, 3.8) is 0 Å². The van der Waals surface area contributed by atoms with Crippen molar-refractivity contribution in [3.8, 4) is 0 Å². The second kappa shape index (κ2) is 4.29. The van der Waals surface area contributed by atoms with Crippen LogP contribution in [-0.2, 0) is 0 Å². The Balaban J connectivity index is 2.02. The highest BCUT2D eigenvalue weighted by Crippen LogP contribution is 2.23. The molecule has 0 spiro atoms. The molecule has 64 valence electrons. The molecule has 2 rings (SSSR count). The fourth-order valence-electron chi connectivity index (χ4n) is 2.04. The van der Waals surface area contributed by atoms with Crippen LogP contribution in [0.4, 0.5) is 0 Å². The van der Waals surface area contributed by atoms with Gasteiger partial charge in [0.25, 0.3) is 0 Å². The molecule has 2 aliphatic rings. The Morgan fingerprint density at radius 2 is 2.23 bits per heavy atom. The van der Waals surface area contributed by atoms with E-state index in [1.165, 1.54) is 19.3 Å². The lowest BCUT2D eigenvalue weighted by atomic mass is 10.2. The van der Waals surface area contributed by atoms with E-state index in [4.69, 9.17) is 0 Å². The van der Waals surface area contributed by atoms with Crippen molar-refractivity contribution in [3.05, 3.63) is 43.4 Å². The fourth-order valence-corrected chi connectivity index (χ4v) is 4.06. The van der Waals surface area contributed by atoms with Gasteiger partial charge in [0, 0.05) is 0 Å². The molecule has 0 saturated heterocycles. The molecule has 0 bridgehead atoms. The van der Waals surface area contributed by atoms with Crippen molar-refractivity contribution in [2.24, 2.45) is 0 Å². The molecule has 0 atom stereocenters. The molecule has 0 unspecified atom stereocenters. The molecule has 2 aliphatic carbocycles. The molecule has 0 fully saturated rings. The van der Waals surface area contributed by atoms with Gasteiger partial charge in [-0.25, -0.2) is 0 Å². The second-order valence-corrected chi connectivity index (χ2v) is 5.84.